The zero-order chi connectivity index (χ0) is 18.0. The highest BCUT2D eigenvalue weighted by Crippen LogP contribution is 2.31. The van der Waals surface area contributed by atoms with E-state index in [1.54, 1.807) is 43.3 Å². The number of carbonyl (C=O) groups excluding carboxylic acids is 1. The van der Waals surface area contributed by atoms with Crippen LogP contribution in [-0.2, 0) is 17.5 Å². The second-order valence-electron chi connectivity index (χ2n) is 5.48. The third kappa shape index (κ3) is 3.35. The Morgan fingerprint density at radius 3 is 2.36 bits per heavy atom. The first kappa shape index (κ1) is 17.0. The molecular formula is C18H16F3N3O. The second-order valence-corrected chi connectivity index (χ2v) is 5.48. The van der Waals surface area contributed by atoms with Crippen LogP contribution in [0.2, 0.25) is 0 Å². The molecule has 1 heterocycles. The van der Waals surface area contributed by atoms with Gasteiger partial charge >= 0.3 is 6.18 Å². The van der Waals surface area contributed by atoms with Crippen molar-refractivity contribution in [2.24, 2.45) is 0 Å². The number of alkyl halides is 3. The minimum atomic E-state index is -4.64. The number of anilines is 1. The van der Waals surface area contributed by atoms with Gasteiger partial charge in [-0.3, -0.25) is 4.79 Å². The Kier molecular flexibility index (Phi) is 4.48. The molecule has 2 aromatic carbocycles. The molecule has 0 spiro atoms. The largest absolute Gasteiger partial charge is 0.449 e. The van der Waals surface area contributed by atoms with Gasteiger partial charge in [0.15, 0.2) is 0 Å². The lowest BCUT2D eigenvalue weighted by Crippen LogP contribution is -2.34. The number of benzene rings is 2. The molecule has 3 aromatic rings. The lowest BCUT2D eigenvalue weighted by Gasteiger charge is -2.22. The molecule has 0 bridgehead atoms. The predicted molar refractivity (Wildman–Crippen MR) is 89.2 cm³/mol. The Labute approximate surface area is 142 Å². The number of fused-ring (bicyclic) bond motifs is 1. The van der Waals surface area contributed by atoms with Gasteiger partial charge in [0, 0.05) is 12.2 Å². The molecule has 0 N–H and O–H groups in total. The van der Waals surface area contributed by atoms with Crippen LogP contribution < -0.4 is 4.90 Å². The molecular weight excluding hydrogens is 331 g/mol. The van der Waals surface area contributed by atoms with Crippen LogP contribution in [0.5, 0.6) is 0 Å². The molecule has 25 heavy (non-hydrogen) atoms. The van der Waals surface area contributed by atoms with Gasteiger partial charge in [-0.15, -0.1) is 0 Å². The number of rotatable bonds is 4. The number of hydrogen-bond acceptors (Lipinski definition) is 2. The van der Waals surface area contributed by atoms with Crippen molar-refractivity contribution < 1.29 is 18.0 Å². The molecule has 0 saturated carbocycles. The first-order valence-electron chi connectivity index (χ1n) is 7.79. The van der Waals surface area contributed by atoms with Crippen LogP contribution in [0.4, 0.5) is 18.9 Å². The molecule has 4 nitrogen and oxygen atoms in total. The van der Waals surface area contributed by atoms with Gasteiger partial charge in [0.05, 0.1) is 11.0 Å². The third-order valence-corrected chi connectivity index (χ3v) is 3.89. The standard InChI is InChI=1S/C18H16F3N3O/c1-2-23(13-8-4-3-5-9-13)16(25)12-24-15-11-7-6-10-14(15)22-17(24)18(19,20)21/h3-11H,2,12H2,1H3. The normalized spacial score (nSPS) is 11.7. The molecule has 0 aliphatic carbocycles. The average molecular weight is 347 g/mol. The Bertz CT molecular complexity index is 887. The van der Waals surface area contributed by atoms with Crippen molar-refractivity contribution in [3.8, 4) is 0 Å². The maximum Gasteiger partial charge on any atom is 0.449 e. The summed E-state index contributed by atoms with van der Waals surface area (Å²) in [5.41, 5.74) is 1.14. The lowest BCUT2D eigenvalue weighted by atomic mass is 10.2. The maximum absolute atomic E-state index is 13.3. The maximum atomic E-state index is 13.3. The third-order valence-electron chi connectivity index (χ3n) is 3.89. The van der Waals surface area contributed by atoms with Crippen molar-refractivity contribution in [1.29, 1.82) is 0 Å². The summed E-state index contributed by atoms with van der Waals surface area (Å²) < 4.78 is 40.9. The molecule has 7 heteroatoms. The lowest BCUT2D eigenvalue weighted by molar-refractivity contribution is -0.147. The summed E-state index contributed by atoms with van der Waals surface area (Å²) in [6.07, 6.45) is -4.64. The van der Waals surface area contributed by atoms with E-state index in [2.05, 4.69) is 4.98 Å². The average Bonchev–Trinajstić information content (AvgIpc) is 2.96. The molecule has 3 rings (SSSR count). The number of amides is 1. The van der Waals surface area contributed by atoms with Crippen molar-refractivity contribution in [2.75, 3.05) is 11.4 Å². The topological polar surface area (TPSA) is 38.1 Å². The van der Waals surface area contributed by atoms with Gasteiger partial charge in [0.1, 0.15) is 6.54 Å². The predicted octanol–water partition coefficient (Wildman–Crippen LogP) is 4.11. The van der Waals surface area contributed by atoms with E-state index in [9.17, 15) is 18.0 Å². The molecule has 0 aliphatic heterocycles. The SMILES string of the molecule is CCN(C(=O)Cn1c(C(F)(F)F)nc2ccccc21)c1ccccc1. The minimum absolute atomic E-state index is 0.213. The molecule has 0 unspecified atom stereocenters. The van der Waals surface area contributed by atoms with Gasteiger partial charge in [-0.1, -0.05) is 30.3 Å². The number of hydrogen-bond donors (Lipinski definition) is 0. The smallest absolute Gasteiger partial charge is 0.311 e. The van der Waals surface area contributed by atoms with Gasteiger partial charge in [-0.2, -0.15) is 13.2 Å². The summed E-state index contributed by atoms with van der Waals surface area (Å²) in [6.45, 7) is 1.70. The summed E-state index contributed by atoms with van der Waals surface area (Å²) in [4.78, 5) is 17.8. The van der Waals surface area contributed by atoms with E-state index in [0.29, 0.717) is 12.2 Å². The quantitative estimate of drug-likeness (QED) is 0.712. The zero-order valence-electron chi connectivity index (χ0n) is 13.5. The van der Waals surface area contributed by atoms with Crippen LogP contribution in [0.1, 0.15) is 12.7 Å². The molecule has 130 valence electrons. The first-order chi connectivity index (χ1) is 11.9. The summed E-state index contributed by atoms with van der Waals surface area (Å²) in [5.74, 6) is -1.49. The summed E-state index contributed by atoms with van der Waals surface area (Å²) in [5, 5.41) is 0. The van der Waals surface area contributed by atoms with Crippen LogP contribution in [0.3, 0.4) is 0 Å². The van der Waals surface area contributed by atoms with E-state index in [4.69, 9.17) is 0 Å². The van der Waals surface area contributed by atoms with Crippen LogP contribution in [0, 0.1) is 0 Å². The van der Waals surface area contributed by atoms with E-state index < -0.39 is 24.5 Å². The van der Waals surface area contributed by atoms with Gasteiger partial charge < -0.3 is 9.47 Å². The molecule has 1 aromatic heterocycles. The summed E-state index contributed by atoms with van der Waals surface area (Å²) >= 11 is 0. The highest BCUT2D eigenvalue weighted by Gasteiger charge is 2.38. The number of nitrogens with zero attached hydrogens (tertiary/aromatic N) is 3. The molecule has 0 fully saturated rings. The molecule has 0 atom stereocenters. The highest BCUT2D eigenvalue weighted by atomic mass is 19.4. The molecule has 0 saturated heterocycles. The minimum Gasteiger partial charge on any atom is -0.311 e. The van der Waals surface area contributed by atoms with E-state index >= 15 is 0 Å². The zero-order valence-corrected chi connectivity index (χ0v) is 13.5. The fraction of sp³-hybridized carbons (Fsp3) is 0.222. The van der Waals surface area contributed by atoms with Crippen molar-refractivity contribution >= 4 is 22.6 Å². The van der Waals surface area contributed by atoms with E-state index in [-0.39, 0.29) is 11.0 Å². The van der Waals surface area contributed by atoms with Gasteiger partial charge in [-0.05, 0) is 31.2 Å². The Hall–Kier alpha value is -2.83. The van der Waals surface area contributed by atoms with E-state index in [1.807, 2.05) is 6.07 Å². The molecule has 0 aliphatic rings. The van der Waals surface area contributed by atoms with E-state index in [0.717, 1.165) is 4.57 Å². The number of aromatic nitrogens is 2. The number of likely N-dealkylation sites (N-methyl/N-ethyl adjacent to an activating group) is 1. The van der Waals surface area contributed by atoms with Crippen molar-refractivity contribution in [2.45, 2.75) is 19.6 Å². The second kappa shape index (κ2) is 6.58. The van der Waals surface area contributed by atoms with Crippen molar-refractivity contribution in [3.63, 3.8) is 0 Å². The monoisotopic (exact) mass is 347 g/mol. The van der Waals surface area contributed by atoms with E-state index in [1.165, 1.54) is 17.0 Å². The Balaban J connectivity index is 2.00. The fourth-order valence-corrected chi connectivity index (χ4v) is 2.78. The van der Waals surface area contributed by atoms with Crippen molar-refractivity contribution in [3.05, 3.63) is 60.4 Å². The van der Waals surface area contributed by atoms with Crippen molar-refractivity contribution in [1.82, 2.24) is 9.55 Å². The highest BCUT2D eigenvalue weighted by molar-refractivity contribution is 5.94. The van der Waals surface area contributed by atoms with Crippen LogP contribution in [-0.4, -0.2) is 22.0 Å². The van der Waals surface area contributed by atoms with Gasteiger partial charge in [0.25, 0.3) is 0 Å². The van der Waals surface area contributed by atoms with Gasteiger partial charge in [-0.25, -0.2) is 4.98 Å². The van der Waals surface area contributed by atoms with Crippen LogP contribution >= 0.6 is 0 Å². The number of para-hydroxylation sites is 3. The van der Waals surface area contributed by atoms with Crippen LogP contribution in [0.15, 0.2) is 54.6 Å². The Morgan fingerprint density at radius 1 is 1.08 bits per heavy atom. The Morgan fingerprint density at radius 2 is 1.72 bits per heavy atom. The number of halogens is 3. The molecule has 0 radical (unpaired) electrons. The number of carbonyl (C=O) groups is 1. The fourth-order valence-electron chi connectivity index (χ4n) is 2.78. The van der Waals surface area contributed by atoms with Crippen LogP contribution in [0.25, 0.3) is 11.0 Å². The summed E-state index contributed by atoms with van der Waals surface area (Å²) in [7, 11) is 0. The molecule has 1 amide bonds. The summed E-state index contributed by atoms with van der Waals surface area (Å²) in [6, 6.07) is 15.1. The first-order valence-corrected chi connectivity index (χ1v) is 7.79. The van der Waals surface area contributed by atoms with Gasteiger partial charge in [0.2, 0.25) is 11.7 Å². The number of imidazole rings is 1.